The van der Waals surface area contributed by atoms with Crippen LogP contribution in [0.3, 0.4) is 0 Å². The lowest BCUT2D eigenvalue weighted by molar-refractivity contribution is -0.261. The smallest absolute Gasteiger partial charge is 0.190 e. The molecule has 1 unspecified atom stereocenters. The van der Waals surface area contributed by atoms with E-state index in [-0.39, 0.29) is 11.3 Å². The number of hydrogen-bond acceptors (Lipinski definition) is 0. The van der Waals surface area contributed by atoms with Crippen LogP contribution in [-0.2, 0) is 0 Å². The SMILES string of the molecule is CC1(C)CC1C=C(Cl)C(F)(F)C(F)(F)F. The molecule has 0 aromatic carbocycles. The monoisotopic (exact) mass is 248 g/mol. The summed E-state index contributed by atoms with van der Waals surface area (Å²) in [6.07, 6.45) is -4.23. The van der Waals surface area contributed by atoms with Crippen LogP contribution in [0.1, 0.15) is 20.3 Å². The van der Waals surface area contributed by atoms with E-state index in [1.807, 2.05) is 0 Å². The lowest BCUT2D eigenvalue weighted by Gasteiger charge is -2.18. The first-order chi connectivity index (χ1) is 6.48. The first-order valence-electron chi connectivity index (χ1n) is 4.31. The molecule has 88 valence electrons. The normalized spacial score (nSPS) is 26.7. The highest BCUT2D eigenvalue weighted by atomic mass is 35.5. The minimum absolute atomic E-state index is 0.220. The Morgan fingerprint density at radius 1 is 1.27 bits per heavy atom. The van der Waals surface area contributed by atoms with Crippen molar-refractivity contribution in [1.82, 2.24) is 0 Å². The second kappa shape index (κ2) is 3.34. The van der Waals surface area contributed by atoms with Gasteiger partial charge in [-0.15, -0.1) is 0 Å². The molecular weight excluding hydrogens is 239 g/mol. The summed E-state index contributed by atoms with van der Waals surface area (Å²) in [4.78, 5) is 0. The molecule has 0 aromatic heterocycles. The maximum absolute atomic E-state index is 12.6. The Labute approximate surface area is 89.1 Å². The van der Waals surface area contributed by atoms with Gasteiger partial charge in [0.2, 0.25) is 0 Å². The maximum Gasteiger partial charge on any atom is 0.459 e. The predicted octanol–water partition coefficient (Wildman–Crippen LogP) is 4.35. The van der Waals surface area contributed by atoms with Gasteiger partial charge >= 0.3 is 12.1 Å². The van der Waals surface area contributed by atoms with Gasteiger partial charge in [0.1, 0.15) is 0 Å². The highest BCUT2D eigenvalue weighted by Crippen LogP contribution is 2.54. The third-order valence-corrected chi connectivity index (χ3v) is 2.96. The van der Waals surface area contributed by atoms with E-state index >= 15 is 0 Å². The van der Waals surface area contributed by atoms with E-state index in [1.54, 1.807) is 13.8 Å². The van der Waals surface area contributed by atoms with Crippen LogP contribution in [0.15, 0.2) is 11.1 Å². The summed E-state index contributed by atoms with van der Waals surface area (Å²) < 4.78 is 60.9. The summed E-state index contributed by atoms with van der Waals surface area (Å²) in [6, 6.07) is 0. The Balaban J connectivity index is 2.81. The summed E-state index contributed by atoms with van der Waals surface area (Å²) in [7, 11) is 0. The lowest BCUT2D eigenvalue weighted by atomic mass is 10.1. The molecule has 1 rings (SSSR count). The second-order valence-electron chi connectivity index (χ2n) is 4.39. The molecule has 0 aromatic rings. The van der Waals surface area contributed by atoms with Crippen molar-refractivity contribution in [3.8, 4) is 0 Å². The van der Waals surface area contributed by atoms with Crippen molar-refractivity contribution in [3.05, 3.63) is 11.1 Å². The molecule has 15 heavy (non-hydrogen) atoms. The van der Waals surface area contributed by atoms with Gasteiger partial charge in [-0.1, -0.05) is 31.5 Å². The fourth-order valence-electron chi connectivity index (χ4n) is 1.21. The molecule has 0 amide bonds. The molecule has 0 heterocycles. The zero-order valence-electron chi connectivity index (χ0n) is 8.13. The van der Waals surface area contributed by atoms with Gasteiger partial charge in [-0.3, -0.25) is 0 Å². The van der Waals surface area contributed by atoms with Crippen molar-refractivity contribution in [2.75, 3.05) is 0 Å². The fourth-order valence-corrected chi connectivity index (χ4v) is 1.47. The molecule has 1 aliphatic rings. The van der Waals surface area contributed by atoms with Crippen LogP contribution >= 0.6 is 11.6 Å². The van der Waals surface area contributed by atoms with Gasteiger partial charge in [-0.05, 0) is 17.8 Å². The number of hydrogen-bond donors (Lipinski definition) is 0. The quantitative estimate of drug-likeness (QED) is 0.637. The van der Waals surface area contributed by atoms with Crippen molar-refractivity contribution in [3.63, 3.8) is 0 Å². The van der Waals surface area contributed by atoms with E-state index in [0.717, 1.165) is 6.08 Å². The zero-order chi connectivity index (χ0) is 12.1. The number of alkyl halides is 5. The zero-order valence-corrected chi connectivity index (χ0v) is 8.89. The summed E-state index contributed by atoms with van der Waals surface area (Å²) in [5.41, 5.74) is -0.220. The molecule has 0 bridgehead atoms. The van der Waals surface area contributed by atoms with Crippen LogP contribution in [0, 0.1) is 11.3 Å². The van der Waals surface area contributed by atoms with Gasteiger partial charge in [0.15, 0.2) is 0 Å². The van der Waals surface area contributed by atoms with E-state index in [9.17, 15) is 22.0 Å². The third kappa shape index (κ3) is 2.44. The third-order valence-electron chi connectivity index (χ3n) is 2.59. The fraction of sp³-hybridized carbons (Fsp3) is 0.778. The Morgan fingerprint density at radius 2 is 1.67 bits per heavy atom. The highest BCUT2D eigenvalue weighted by molar-refractivity contribution is 6.30. The van der Waals surface area contributed by atoms with Crippen LogP contribution in [0.2, 0.25) is 0 Å². The van der Waals surface area contributed by atoms with E-state index < -0.39 is 17.1 Å². The van der Waals surface area contributed by atoms with Crippen LogP contribution < -0.4 is 0 Å². The Kier molecular flexibility index (Phi) is 2.83. The number of rotatable bonds is 2. The summed E-state index contributed by atoms with van der Waals surface area (Å²) in [5, 5.41) is -1.43. The van der Waals surface area contributed by atoms with Gasteiger partial charge in [0, 0.05) is 0 Å². The van der Waals surface area contributed by atoms with Crippen LogP contribution in [-0.4, -0.2) is 12.1 Å². The van der Waals surface area contributed by atoms with E-state index in [0.29, 0.717) is 6.42 Å². The Bertz CT molecular complexity index is 289. The van der Waals surface area contributed by atoms with Gasteiger partial charge in [-0.25, -0.2) is 0 Å². The van der Waals surface area contributed by atoms with Gasteiger partial charge in [0.25, 0.3) is 0 Å². The molecule has 0 nitrogen and oxygen atoms in total. The Hall–Kier alpha value is -0.320. The number of allylic oxidation sites excluding steroid dienone is 2. The molecule has 0 aliphatic heterocycles. The average Bonchev–Trinajstić information content (AvgIpc) is 2.55. The predicted molar refractivity (Wildman–Crippen MR) is 46.8 cm³/mol. The summed E-state index contributed by atoms with van der Waals surface area (Å²) in [5.74, 6) is -5.23. The molecule has 6 heteroatoms. The molecular formula is C9H10ClF5. The molecule has 0 radical (unpaired) electrons. The summed E-state index contributed by atoms with van der Waals surface area (Å²) >= 11 is 5.01. The van der Waals surface area contributed by atoms with E-state index in [1.165, 1.54) is 0 Å². The van der Waals surface area contributed by atoms with Crippen LogP contribution in [0.5, 0.6) is 0 Å². The van der Waals surface area contributed by atoms with E-state index in [2.05, 4.69) is 0 Å². The largest absolute Gasteiger partial charge is 0.459 e. The van der Waals surface area contributed by atoms with Gasteiger partial charge < -0.3 is 0 Å². The molecule has 1 saturated carbocycles. The van der Waals surface area contributed by atoms with Crippen molar-refractivity contribution >= 4 is 11.6 Å². The Morgan fingerprint density at radius 3 is 1.93 bits per heavy atom. The minimum atomic E-state index is -5.63. The van der Waals surface area contributed by atoms with Crippen LogP contribution in [0.25, 0.3) is 0 Å². The minimum Gasteiger partial charge on any atom is -0.190 e. The van der Waals surface area contributed by atoms with E-state index in [4.69, 9.17) is 11.6 Å². The molecule has 1 atom stereocenters. The second-order valence-corrected chi connectivity index (χ2v) is 4.79. The first-order valence-corrected chi connectivity index (χ1v) is 4.68. The standard InChI is InChI=1S/C9H10ClF5/c1-7(2)4-5(7)3-6(10)8(11,12)9(13,14)15/h3,5H,4H2,1-2H3. The topological polar surface area (TPSA) is 0 Å². The number of halogens is 6. The molecule has 0 saturated heterocycles. The van der Waals surface area contributed by atoms with Gasteiger partial charge in [-0.2, -0.15) is 22.0 Å². The van der Waals surface area contributed by atoms with Crippen molar-refractivity contribution in [2.24, 2.45) is 11.3 Å². The maximum atomic E-state index is 12.6. The van der Waals surface area contributed by atoms with Crippen molar-refractivity contribution in [1.29, 1.82) is 0 Å². The summed E-state index contributed by atoms with van der Waals surface area (Å²) in [6.45, 7) is 3.56. The van der Waals surface area contributed by atoms with Gasteiger partial charge in [0.05, 0.1) is 5.03 Å². The molecule has 0 spiro atoms. The first kappa shape index (κ1) is 12.7. The highest BCUT2D eigenvalue weighted by Gasteiger charge is 2.60. The lowest BCUT2D eigenvalue weighted by Crippen LogP contribution is -2.36. The molecule has 1 fully saturated rings. The van der Waals surface area contributed by atoms with Crippen molar-refractivity contribution in [2.45, 2.75) is 32.4 Å². The molecule has 1 aliphatic carbocycles. The average molecular weight is 249 g/mol. The van der Waals surface area contributed by atoms with Crippen LogP contribution in [0.4, 0.5) is 22.0 Å². The van der Waals surface area contributed by atoms with Crippen molar-refractivity contribution < 1.29 is 22.0 Å². The molecule has 0 N–H and O–H groups in total.